The van der Waals surface area contributed by atoms with Gasteiger partial charge in [-0.2, -0.15) is 0 Å². The quantitative estimate of drug-likeness (QED) is 0.939. The van der Waals surface area contributed by atoms with Crippen molar-refractivity contribution < 1.29 is 4.79 Å². The van der Waals surface area contributed by atoms with Crippen LogP contribution in [0.1, 0.15) is 44.0 Å². The van der Waals surface area contributed by atoms with E-state index in [1.54, 1.807) is 0 Å². The molecule has 0 radical (unpaired) electrons. The third kappa shape index (κ3) is 2.83. The molecule has 2 heterocycles. The standard InChI is InChI=1S/C19H24N4O/c1-12-7-8-14(11-16(12)20-19(24)15-10-13(15)2)18-22-21-17-6-4-3-5-9-23(17)18/h7-8,11,13,15H,3-6,9-10H2,1-2H3,(H,20,24). The van der Waals surface area contributed by atoms with E-state index in [1.165, 1.54) is 19.3 Å². The molecule has 1 amide bonds. The molecule has 1 fully saturated rings. The zero-order valence-corrected chi connectivity index (χ0v) is 14.4. The van der Waals surface area contributed by atoms with E-state index >= 15 is 0 Å². The van der Waals surface area contributed by atoms with Crippen LogP contribution in [0.2, 0.25) is 0 Å². The minimum absolute atomic E-state index is 0.142. The second-order valence-corrected chi connectivity index (χ2v) is 7.24. The zero-order chi connectivity index (χ0) is 16.7. The second kappa shape index (κ2) is 6.04. The zero-order valence-electron chi connectivity index (χ0n) is 14.4. The van der Waals surface area contributed by atoms with Crippen molar-refractivity contribution in [2.24, 2.45) is 11.8 Å². The Morgan fingerprint density at radius 1 is 1.25 bits per heavy atom. The summed E-state index contributed by atoms with van der Waals surface area (Å²) < 4.78 is 2.24. The Balaban J connectivity index is 1.63. The molecule has 0 bridgehead atoms. The van der Waals surface area contributed by atoms with Gasteiger partial charge in [0.25, 0.3) is 0 Å². The molecule has 1 aliphatic heterocycles. The molecule has 1 aliphatic carbocycles. The number of carbonyl (C=O) groups excluding carboxylic acids is 1. The van der Waals surface area contributed by atoms with Crippen LogP contribution in [0.15, 0.2) is 18.2 Å². The highest BCUT2D eigenvalue weighted by Crippen LogP contribution is 2.39. The molecule has 0 saturated heterocycles. The topological polar surface area (TPSA) is 59.8 Å². The Hall–Kier alpha value is -2.17. The Morgan fingerprint density at radius 2 is 2.08 bits per heavy atom. The molecule has 0 spiro atoms. The van der Waals surface area contributed by atoms with Crippen LogP contribution >= 0.6 is 0 Å². The highest BCUT2D eigenvalue weighted by Gasteiger charge is 2.39. The van der Waals surface area contributed by atoms with Crippen molar-refractivity contribution in [1.82, 2.24) is 14.8 Å². The molecule has 1 aromatic carbocycles. The predicted octanol–water partition coefficient (Wildman–Crippen LogP) is 3.57. The lowest BCUT2D eigenvalue weighted by Gasteiger charge is -2.12. The van der Waals surface area contributed by atoms with Crippen LogP contribution in [-0.4, -0.2) is 20.7 Å². The molecule has 2 unspecified atom stereocenters. The fourth-order valence-electron chi connectivity index (χ4n) is 3.51. The molecule has 24 heavy (non-hydrogen) atoms. The minimum atomic E-state index is 0.142. The van der Waals surface area contributed by atoms with E-state index < -0.39 is 0 Å². The van der Waals surface area contributed by atoms with Gasteiger partial charge >= 0.3 is 0 Å². The Bertz CT molecular complexity index is 780. The number of hydrogen-bond donors (Lipinski definition) is 1. The summed E-state index contributed by atoms with van der Waals surface area (Å²) in [5, 5.41) is 11.9. The van der Waals surface area contributed by atoms with Crippen molar-refractivity contribution in [3.05, 3.63) is 29.6 Å². The first-order valence-corrected chi connectivity index (χ1v) is 8.97. The lowest BCUT2D eigenvalue weighted by atomic mass is 10.1. The molecule has 5 heteroatoms. The smallest absolute Gasteiger partial charge is 0.227 e. The van der Waals surface area contributed by atoms with Crippen molar-refractivity contribution in [1.29, 1.82) is 0 Å². The number of aromatic nitrogens is 3. The molecule has 2 aliphatic rings. The van der Waals surface area contributed by atoms with E-state index in [0.29, 0.717) is 5.92 Å². The van der Waals surface area contributed by atoms with Crippen LogP contribution in [-0.2, 0) is 17.8 Å². The number of aryl methyl sites for hydroxylation is 2. The molecule has 2 atom stereocenters. The van der Waals surface area contributed by atoms with E-state index in [9.17, 15) is 4.79 Å². The Kier molecular flexibility index (Phi) is 3.87. The SMILES string of the molecule is Cc1ccc(-c2nnc3n2CCCCC3)cc1NC(=O)C1CC1C. The third-order valence-corrected chi connectivity index (χ3v) is 5.31. The summed E-state index contributed by atoms with van der Waals surface area (Å²) in [6, 6.07) is 6.18. The summed E-state index contributed by atoms with van der Waals surface area (Å²) in [7, 11) is 0. The average Bonchev–Trinajstić information content (AvgIpc) is 3.25. The molecule has 126 valence electrons. The second-order valence-electron chi connectivity index (χ2n) is 7.24. The van der Waals surface area contributed by atoms with Crippen molar-refractivity contribution in [3.63, 3.8) is 0 Å². The average molecular weight is 324 g/mol. The van der Waals surface area contributed by atoms with Crippen LogP contribution in [0.5, 0.6) is 0 Å². The van der Waals surface area contributed by atoms with E-state index in [0.717, 1.165) is 47.8 Å². The van der Waals surface area contributed by atoms with Gasteiger partial charge < -0.3 is 9.88 Å². The lowest BCUT2D eigenvalue weighted by molar-refractivity contribution is -0.117. The summed E-state index contributed by atoms with van der Waals surface area (Å²) in [5.74, 6) is 2.84. The molecular formula is C19H24N4O. The summed E-state index contributed by atoms with van der Waals surface area (Å²) in [5.41, 5.74) is 3.00. The van der Waals surface area contributed by atoms with Gasteiger partial charge in [-0.05, 0) is 43.7 Å². The summed E-state index contributed by atoms with van der Waals surface area (Å²) in [4.78, 5) is 12.3. The fraction of sp³-hybridized carbons (Fsp3) is 0.526. The van der Waals surface area contributed by atoms with Crippen LogP contribution in [0.4, 0.5) is 5.69 Å². The van der Waals surface area contributed by atoms with Gasteiger partial charge in [0.2, 0.25) is 5.91 Å². The number of amides is 1. The van der Waals surface area contributed by atoms with Crippen molar-refractivity contribution in [2.45, 2.75) is 52.5 Å². The maximum atomic E-state index is 12.3. The van der Waals surface area contributed by atoms with Crippen LogP contribution in [0.3, 0.4) is 0 Å². The van der Waals surface area contributed by atoms with Gasteiger partial charge in [0.1, 0.15) is 5.82 Å². The molecule has 4 rings (SSSR count). The van der Waals surface area contributed by atoms with Gasteiger partial charge in [0.15, 0.2) is 5.82 Å². The first-order valence-electron chi connectivity index (χ1n) is 8.97. The predicted molar refractivity (Wildman–Crippen MR) is 93.7 cm³/mol. The van der Waals surface area contributed by atoms with Gasteiger partial charge in [-0.15, -0.1) is 10.2 Å². The number of carbonyl (C=O) groups is 1. The minimum Gasteiger partial charge on any atom is -0.326 e. The number of anilines is 1. The van der Waals surface area contributed by atoms with E-state index in [1.807, 2.05) is 13.0 Å². The van der Waals surface area contributed by atoms with Gasteiger partial charge in [0.05, 0.1) is 0 Å². The fourth-order valence-corrected chi connectivity index (χ4v) is 3.51. The highest BCUT2D eigenvalue weighted by molar-refractivity contribution is 5.95. The van der Waals surface area contributed by atoms with Crippen LogP contribution in [0.25, 0.3) is 11.4 Å². The van der Waals surface area contributed by atoms with Crippen molar-refractivity contribution >= 4 is 11.6 Å². The number of hydrogen-bond acceptors (Lipinski definition) is 3. The highest BCUT2D eigenvalue weighted by atomic mass is 16.2. The summed E-state index contributed by atoms with van der Waals surface area (Å²) in [6.07, 6.45) is 5.61. The normalized spacial score (nSPS) is 22.6. The molecule has 1 aromatic heterocycles. The molecule has 1 N–H and O–H groups in total. The van der Waals surface area contributed by atoms with Gasteiger partial charge in [0, 0.05) is 30.1 Å². The van der Waals surface area contributed by atoms with Crippen molar-refractivity contribution in [3.8, 4) is 11.4 Å². The molecular weight excluding hydrogens is 300 g/mol. The van der Waals surface area contributed by atoms with Crippen LogP contribution < -0.4 is 5.32 Å². The Morgan fingerprint density at radius 3 is 2.88 bits per heavy atom. The monoisotopic (exact) mass is 324 g/mol. The first-order chi connectivity index (χ1) is 11.6. The summed E-state index contributed by atoms with van der Waals surface area (Å²) >= 11 is 0. The largest absolute Gasteiger partial charge is 0.326 e. The van der Waals surface area contributed by atoms with Gasteiger partial charge in [-0.25, -0.2) is 0 Å². The van der Waals surface area contributed by atoms with Crippen LogP contribution in [0, 0.1) is 18.8 Å². The number of rotatable bonds is 3. The molecule has 5 nitrogen and oxygen atoms in total. The lowest BCUT2D eigenvalue weighted by Crippen LogP contribution is -2.15. The maximum Gasteiger partial charge on any atom is 0.227 e. The molecule has 2 aromatic rings. The van der Waals surface area contributed by atoms with E-state index in [4.69, 9.17) is 0 Å². The van der Waals surface area contributed by atoms with Crippen molar-refractivity contribution in [2.75, 3.05) is 5.32 Å². The third-order valence-electron chi connectivity index (χ3n) is 5.31. The van der Waals surface area contributed by atoms with E-state index in [2.05, 4.69) is 39.1 Å². The maximum absolute atomic E-state index is 12.3. The number of fused-ring (bicyclic) bond motifs is 1. The van der Waals surface area contributed by atoms with E-state index in [-0.39, 0.29) is 11.8 Å². The summed E-state index contributed by atoms with van der Waals surface area (Å²) in [6.45, 7) is 5.13. The molecule has 1 saturated carbocycles. The first kappa shape index (κ1) is 15.4. The number of nitrogens with one attached hydrogen (secondary N) is 1. The van der Waals surface area contributed by atoms with Gasteiger partial charge in [-0.3, -0.25) is 4.79 Å². The number of benzene rings is 1. The van der Waals surface area contributed by atoms with Gasteiger partial charge in [-0.1, -0.05) is 25.5 Å². The Labute approximate surface area is 142 Å². The number of nitrogens with zero attached hydrogens (tertiary/aromatic N) is 3.